The second-order valence-electron chi connectivity index (χ2n) is 3.41. The Morgan fingerprint density at radius 2 is 2.00 bits per heavy atom. The molecule has 3 heteroatoms. The maximum Gasteiger partial charge on any atom is 0.136 e. The van der Waals surface area contributed by atoms with Gasteiger partial charge in [0.25, 0.3) is 0 Å². The summed E-state index contributed by atoms with van der Waals surface area (Å²) < 4.78 is 5.35. The van der Waals surface area contributed by atoms with E-state index in [-0.39, 0.29) is 0 Å². The molecule has 0 radical (unpaired) electrons. The Morgan fingerprint density at radius 1 is 1.13 bits per heavy atom. The summed E-state index contributed by atoms with van der Waals surface area (Å²) in [4.78, 5) is 4.59. The fourth-order valence-electron chi connectivity index (χ4n) is 1.75. The molecule has 0 N–H and O–H groups in total. The number of nitrogens with zero attached hydrogens (tertiary/aromatic N) is 1. The molecule has 0 bridgehead atoms. The van der Waals surface area contributed by atoms with Gasteiger partial charge in [0.2, 0.25) is 0 Å². The maximum absolute atomic E-state index is 5.35. The summed E-state index contributed by atoms with van der Waals surface area (Å²) in [6, 6.07) is 10.1. The average Bonchev–Trinajstić information content (AvgIpc) is 2.76. The van der Waals surface area contributed by atoms with Crippen molar-refractivity contribution in [1.82, 2.24) is 4.98 Å². The zero-order valence-corrected chi connectivity index (χ0v) is 9.49. The van der Waals surface area contributed by atoms with Crippen LogP contribution in [0.25, 0.3) is 21.9 Å². The van der Waals surface area contributed by atoms with E-state index in [1.807, 2.05) is 24.3 Å². The van der Waals surface area contributed by atoms with Gasteiger partial charge in [0.1, 0.15) is 5.58 Å². The number of pyridine rings is 1. The minimum absolute atomic E-state index is 0.775. The van der Waals surface area contributed by atoms with Crippen LogP contribution >= 0.6 is 15.9 Å². The zero-order valence-electron chi connectivity index (χ0n) is 7.90. The van der Waals surface area contributed by atoms with Crippen molar-refractivity contribution in [3.05, 3.63) is 42.3 Å². The van der Waals surface area contributed by atoms with E-state index < -0.39 is 0 Å². The first-order valence-corrected chi connectivity index (χ1v) is 5.82. The number of rotatable bonds is 1. The quantitative estimate of drug-likeness (QED) is 0.622. The predicted octanol–water partition coefficient (Wildman–Crippen LogP) is 3.88. The summed E-state index contributed by atoms with van der Waals surface area (Å²) in [7, 11) is 0. The van der Waals surface area contributed by atoms with Gasteiger partial charge in [0.15, 0.2) is 0 Å². The van der Waals surface area contributed by atoms with E-state index in [9.17, 15) is 0 Å². The minimum Gasteiger partial charge on any atom is -0.464 e. The number of hydrogen-bond donors (Lipinski definition) is 0. The Bertz CT molecular complexity index is 630. The van der Waals surface area contributed by atoms with E-state index in [1.165, 1.54) is 0 Å². The summed E-state index contributed by atoms with van der Waals surface area (Å²) in [5.74, 6) is 0. The van der Waals surface area contributed by atoms with E-state index >= 15 is 0 Å². The Labute approximate surface area is 95.0 Å². The first kappa shape index (κ1) is 8.92. The van der Waals surface area contributed by atoms with Crippen LogP contribution in [0, 0.1) is 0 Å². The van der Waals surface area contributed by atoms with Gasteiger partial charge in [0.05, 0.1) is 17.5 Å². The molecule has 0 saturated heterocycles. The Morgan fingerprint density at radius 3 is 2.87 bits per heavy atom. The average molecular weight is 262 g/mol. The van der Waals surface area contributed by atoms with Crippen LogP contribution in [0.2, 0.25) is 0 Å². The Hall–Kier alpha value is -1.35. The SMILES string of the molecule is BrCc1ccc2ccc3occc3c2n1. The zero-order chi connectivity index (χ0) is 10.3. The first-order chi connectivity index (χ1) is 7.38. The molecule has 0 fully saturated rings. The molecule has 74 valence electrons. The van der Waals surface area contributed by atoms with E-state index in [0.717, 1.165) is 32.9 Å². The molecule has 0 atom stereocenters. The predicted molar refractivity (Wildman–Crippen MR) is 64.1 cm³/mol. The van der Waals surface area contributed by atoms with Crippen LogP contribution in [-0.2, 0) is 5.33 Å². The number of aromatic nitrogens is 1. The summed E-state index contributed by atoms with van der Waals surface area (Å²) in [6.45, 7) is 0. The van der Waals surface area contributed by atoms with Gasteiger partial charge in [-0.05, 0) is 24.3 Å². The molecule has 2 nitrogen and oxygen atoms in total. The number of fused-ring (bicyclic) bond motifs is 3. The van der Waals surface area contributed by atoms with Gasteiger partial charge in [-0.1, -0.05) is 22.0 Å². The van der Waals surface area contributed by atoms with Crippen molar-refractivity contribution in [2.24, 2.45) is 0 Å². The van der Waals surface area contributed by atoms with Crippen LogP contribution in [0.3, 0.4) is 0 Å². The third kappa shape index (κ3) is 1.35. The third-order valence-electron chi connectivity index (χ3n) is 2.49. The number of halogens is 1. The van der Waals surface area contributed by atoms with Gasteiger partial charge < -0.3 is 4.42 Å². The van der Waals surface area contributed by atoms with Crippen molar-refractivity contribution < 1.29 is 4.42 Å². The lowest BCUT2D eigenvalue weighted by molar-refractivity contribution is 0.616. The monoisotopic (exact) mass is 261 g/mol. The second kappa shape index (κ2) is 3.35. The summed E-state index contributed by atoms with van der Waals surface area (Å²) in [5, 5.41) is 3.00. The van der Waals surface area contributed by atoms with Crippen LogP contribution in [0.5, 0.6) is 0 Å². The number of furan rings is 1. The lowest BCUT2D eigenvalue weighted by Gasteiger charge is -2.00. The molecule has 0 spiro atoms. The van der Waals surface area contributed by atoms with Crippen molar-refractivity contribution in [1.29, 1.82) is 0 Å². The Balaban J connectivity index is 2.48. The highest BCUT2D eigenvalue weighted by atomic mass is 79.9. The smallest absolute Gasteiger partial charge is 0.136 e. The van der Waals surface area contributed by atoms with Crippen molar-refractivity contribution in [3.63, 3.8) is 0 Å². The summed E-state index contributed by atoms with van der Waals surface area (Å²) in [6.07, 6.45) is 1.70. The van der Waals surface area contributed by atoms with E-state index in [4.69, 9.17) is 4.42 Å². The molecule has 2 aromatic heterocycles. The minimum atomic E-state index is 0.775. The standard InChI is InChI=1S/C12H8BrNO/c13-7-9-3-1-8-2-4-11-10(5-6-15-11)12(8)14-9/h1-6H,7H2. The third-order valence-corrected chi connectivity index (χ3v) is 3.06. The van der Waals surface area contributed by atoms with Gasteiger partial charge in [0, 0.05) is 16.1 Å². The topological polar surface area (TPSA) is 26.0 Å². The van der Waals surface area contributed by atoms with Gasteiger partial charge in [-0.15, -0.1) is 0 Å². The fourth-order valence-corrected chi connectivity index (χ4v) is 2.06. The highest BCUT2D eigenvalue weighted by Gasteiger charge is 2.04. The van der Waals surface area contributed by atoms with Gasteiger partial charge >= 0.3 is 0 Å². The molecule has 2 heterocycles. The van der Waals surface area contributed by atoms with Crippen LogP contribution in [0.15, 0.2) is 41.0 Å². The molecular formula is C12H8BrNO. The van der Waals surface area contributed by atoms with Crippen molar-refractivity contribution in [2.45, 2.75) is 5.33 Å². The van der Waals surface area contributed by atoms with Crippen LogP contribution in [-0.4, -0.2) is 4.98 Å². The van der Waals surface area contributed by atoms with Gasteiger partial charge in [-0.2, -0.15) is 0 Å². The number of hydrogen-bond acceptors (Lipinski definition) is 2. The fraction of sp³-hybridized carbons (Fsp3) is 0.0833. The largest absolute Gasteiger partial charge is 0.464 e. The first-order valence-electron chi connectivity index (χ1n) is 4.70. The number of benzene rings is 1. The molecule has 0 unspecified atom stereocenters. The van der Waals surface area contributed by atoms with Crippen molar-refractivity contribution in [2.75, 3.05) is 0 Å². The van der Waals surface area contributed by atoms with Gasteiger partial charge in [-0.25, -0.2) is 0 Å². The molecule has 3 rings (SSSR count). The van der Waals surface area contributed by atoms with Crippen molar-refractivity contribution in [3.8, 4) is 0 Å². The maximum atomic E-state index is 5.35. The molecule has 0 aliphatic heterocycles. The molecule has 1 aromatic carbocycles. The lowest BCUT2D eigenvalue weighted by atomic mass is 10.1. The normalized spacial score (nSPS) is 11.3. The summed E-state index contributed by atoms with van der Waals surface area (Å²) >= 11 is 3.41. The molecule has 0 aliphatic carbocycles. The van der Waals surface area contributed by atoms with Crippen LogP contribution < -0.4 is 0 Å². The Kier molecular flexibility index (Phi) is 1.99. The molecule has 15 heavy (non-hydrogen) atoms. The number of alkyl halides is 1. The van der Waals surface area contributed by atoms with E-state index in [0.29, 0.717) is 0 Å². The van der Waals surface area contributed by atoms with Crippen LogP contribution in [0.1, 0.15) is 5.69 Å². The van der Waals surface area contributed by atoms with Crippen molar-refractivity contribution >= 4 is 37.8 Å². The van der Waals surface area contributed by atoms with Gasteiger partial charge in [-0.3, -0.25) is 4.98 Å². The second-order valence-corrected chi connectivity index (χ2v) is 3.97. The van der Waals surface area contributed by atoms with E-state index in [2.05, 4.69) is 27.0 Å². The molecular weight excluding hydrogens is 254 g/mol. The van der Waals surface area contributed by atoms with Crippen LogP contribution in [0.4, 0.5) is 0 Å². The molecule has 3 aromatic rings. The highest BCUT2D eigenvalue weighted by molar-refractivity contribution is 9.08. The highest BCUT2D eigenvalue weighted by Crippen LogP contribution is 2.25. The molecule has 0 amide bonds. The van der Waals surface area contributed by atoms with E-state index in [1.54, 1.807) is 6.26 Å². The molecule has 0 aliphatic rings. The lowest BCUT2D eigenvalue weighted by Crippen LogP contribution is -1.86. The molecule has 0 saturated carbocycles. The summed E-state index contributed by atoms with van der Waals surface area (Å²) in [5.41, 5.74) is 2.94.